The van der Waals surface area contributed by atoms with E-state index in [1.165, 1.54) is 50.7 Å². The Labute approximate surface area is 260 Å². The maximum absolute atomic E-state index is 12.8. The van der Waals surface area contributed by atoms with Crippen LogP contribution in [0.15, 0.2) is 52.8 Å². The third kappa shape index (κ3) is 5.53. The van der Waals surface area contributed by atoms with E-state index in [4.69, 9.17) is 10.2 Å². The first kappa shape index (κ1) is 28.8. The first-order valence-corrected chi connectivity index (χ1v) is 16.5. The molecule has 8 heteroatoms. The number of aromatic nitrogens is 2. The number of nitriles is 1. The van der Waals surface area contributed by atoms with E-state index in [2.05, 4.69) is 46.1 Å². The summed E-state index contributed by atoms with van der Waals surface area (Å²) in [5.74, 6) is 1.64. The van der Waals surface area contributed by atoms with Gasteiger partial charge in [0.15, 0.2) is 0 Å². The van der Waals surface area contributed by atoms with Gasteiger partial charge in [-0.15, -0.1) is 0 Å². The summed E-state index contributed by atoms with van der Waals surface area (Å²) in [5, 5.41) is 30.8. The lowest BCUT2D eigenvalue weighted by atomic mass is 9.74. The highest BCUT2D eigenvalue weighted by atomic mass is 16.2. The zero-order valence-corrected chi connectivity index (χ0v) is 26.1. The van der Waals surface area contributed by atoms with Crippen LogP contribution in [0.5, 0.6) is 0 Å². The molecule has 3 aliphatic carbocycles. The molecule has 3 fully saturated rings. The van der Waals surface area contributed by atoms with Crippen molar-refractivity contribution >= 4 is 28.5 Å². The normalized spacial score (nSPS) is 25.4. The minimum atomic E-state index is -0.362. The van der Waals surface area contributed by atoms with Crippen molar-refractivity contribution in [2.45, 2.75) is 97.1 Å². The summed E-state index contributed by atoms with van der Waals surface area (Å²) in [6.07, 6.45) is 13.2. The van der Waals surface area contributed by atoms with E-state index in [9.17, 15) is 10.1 Å². The van der Waals surface area contributed by atoms with E-state index in [0.29, 0.717) is 35.4 Å². The smallest absolute Gasteiger partial charge is 0.225 e. The van der Waals surface area contributed by atoms with Crippen LogP contribution in [0.2, 0.25) is 0 Å². The summed E-state index contributed by atoms with van der Waals surface area (Å²) in [6.45, 7) is 5.99. The second-order valence-electron chi connectivity index (χ2n) is 14.5. The maximum atomic E-state index is 12.8. The number of fused-ring (bicyclic) bond motifs is 3. The molecule has 44 heavy (non-hydrogen) atoms. The third-order valence-corrected chi connectivity index (χ3v) is 10.4. The Morgan fingerprint density at radius 1 is 0.977 bits per heavy atom. The van der Waals surface area contributed by atoms with Crippen molar-refractivity contribution in [2.75, 3.05) is 5.32 Å². The van der Waals surface area contributed by atoms with Crippen LogP contribution in [0.25, 0.3) is 16.8 Å². The van der Waals surface area contributed by atoms with E-state index in [1.54, 1.807) is 6.20 Å². The Bertz CT molecular complexity index is 1670. The van der Waals surface area contributed by atoms with Gasteiger partial charge in [0.05, 0.1) is 28.7 Å². The van der Waals surface area contributed by atoms with Crippen molar-refractivity contribution in [3.05, 3.63) is 53.7 Å². The summed E-state index contributed by atoms with van der Waals surface area (Å²) in [7, 11) is 0. The van der Waals surface area contributed by atoms with Gasteiger partial charge >= 0.3 is 0 Å². The van der Waals surface area contributed by atoms with E-state index in [-0.39, 0.29) is 11.3 Å². The standard InChI is InChI=1S/C36H43N7O/c1-36(2,3)35(44)40-34-24-9-10-25(34)17-26(16-24)30-19-32(42-41-30)29-13-11-23(18-31(29)39-27-7-5-4-6-8-27)33-14-12-28-15-22(20-37)21-38-43(28)33/h11-15,18,21,24-27,34,39H,4-10,16-17,19H2,1-3H3,(H,40,44)/t24-,25+,26?,34?. The number of carbonyl (C=O) groups excluding carboxylic acids is 1. The first-order valence-electron chi connectivity index (χ1n) is 16.5. The summed E-state index contributed by atoms with van der Waals surface area (Å²) < 4.78 is 1.91. The highest BCUT2D eigenvalue weighted by Crippen LogP contribution is 2.46. The minimum absolute atomic E-state index is 0.166. The number of nitrogens with one attached hydrogen (secondary N) is 2. The molecular formula is C36H43N7O. The number of carbonyl (C=O) groups is 1. The van der Waals surface area contributed by atoms with Crippen molar-refractivity contribution < 1.29 is 4.79 Å². The van der Waals surface area contributed by atoms with Gasteiger partial charge in [0.2, 0.25) is 5.91 Å². The fourth-order valence-electron chi connectivity index (χ4n) is 7.97. The number of hydrogen-bond acceptors (Lipinski definition) is 6. The predicted octanol–water partition coefficient (Wildman–Crippen LogP) is 7.13. The largest absolute Gasteiger partial charge is 0.382 e. The molecule has 2 bridgehead atoms. The Morgan fingerprint density at radius 3 is 2.48 bits per heavy atom. The van der Waals surface area contributed by atoms with E-state index in [1.807, 2.05) is 37.4 Å². The van der Waals surface area contributed by atoms with Crippen LogP contribution >= 0.6 is 0 Å². The molecule has 7 rings (SSSR count). The quantitative estimate of drug-likeness (QED) is 0.319. The molecule has 3 heterocycles. The molecule has 2 unspecified atom stereocenters. The van der Waals surface area contributed by atoms with Crippen LogP contribution in [-0.4, -0.2) is 39.0 Å². The van der Waals surface area contributed by atoms with Crippen molar-refractivity contribution in [3.63, 3.8) is 0 Å². The van der Waals surface area contributed by atoms with Crippen molar-refractivity contribution in [1.29, 1.82) is 5.26 Å². The van der Waals surface area contributed by atoms with Gasteiger partial charge in [0.1, 0.15) is 6.07 Å². The zero-order chi connectivity index (χ0) is 30.4. The SMILES string of the molecule is CC(C)(C)C(=O)NC1[C@@H]2CC[C@H]1CC(C1=NN=C(c3ccc(-c4ccc5cc(C#N)cnn45)cc3NC3CCCCC3)C1)C2. The fraction of sp³-hybridized carbons (Fsp3) is 0.528. The van der Waals surface area contributed by atoms with Gasteiger partial charge in [0.25, 0.3) is 0 Å². The van der Waals surface area contributed by atoms with Crippen LogP contribution in [0.3, 0.4) is 0 Å². The first-order chi connectivity index (χ1) is 21.3. The van der Waals surface area contributed by atoms with Gasteiger partial charge in [-0.25, -0.2) is 4.52 Å². The monoisotopic (exact) mass is 589 g/mol. The molecule has 1 aromatic carbocycles. The molecule has 8 nitrogen and oxygen atoms in total. The van der Waals surface area contributed by atoms with Gasteiger partial charge < -0.3 is 10.6 Å². The molecular weight excluding hydrogens is 546 g/mol. The van der Waals surface area contributed by atoms with Crippen LogP contribution in [-0.2, 0) is 4.79 Å². The van der Waals surface area contributed by atoms with Gasteiger partial charge in [-0.1, -0.05) is 52.2 Å². The summed E-state index contributed by atoms with van der Waals surface area (Å²) in [5.41, 5.74) is 7.68. The number of hydrogen-bond donors (Lipinski definition) is 2. The zero-order valence-electron chi connectivity index (χ0n) is 26.1. The van der Waals surface area contributed by atoms with Crippen molar-refractivity contribution in [2.24, 2.45) is 33.4 Å². The van der Waals surface area contributed by atoms with Gasteiger partial charge in [-0.2, -0.15) is 20.6 Å². The summed E-state index contributed by atoms with van der Waals surface area (Å²) in [6, 6.07) is 15.5. The molecule has 4 atom stereocenters. The molecule has 228 valence electrons. The van der Waals surface area contributed by atoms with Crippen LogP contribution in [0.4, 0.5) is 5.69 Å². The number of rotatable bonds is 6. The Balaban J connectivity index is 1.11. The lowest BCUT2D eigenvalue weighted by Gasteiger charge is -2.37. The molecule has 1 amide bonds. The van der Waals surface area contributed by atoms with Crippen LogP contribution in [0, 0.1) is 34.5 Å². The van der Waals surface area contributed by atoms with Crippen LogP contribution < -0.4 is 10.6 Å². The molecule has 0 radical (unpaired) electrons. The molecule has 0 spiro atoms. The molecule has 3 saturated carbocycles. The molecule has 2 N–H and O–H groups in total. The number of benzene rings is 1. The molecule has 4 aliphatic rings. The Hall–Kier alpha value is -3.99. The molecule has 2 aromatic heterocycles. The van der Waals surface area contributed by atoms with E-state index < -0.39 is 0 Å². The highest BCUT2D eigenvalue weighted by molar-refractivity contribution is 6.18. The second kappa shape index (κ2) is 11.5. The number of anilines is 1. The van der Waals surface area contributed by atoms with Crippen molar-refractivity contribution in [3.8, 4) is 17.3 Å². The molecule has 1 aliphatic heterocycles. The molecule has 3 aromatic rings. The average molecular weight is 590 g/mol. The van der Waals surface area contributed by atoms with Crippen molar-refractivity contribution in [1.82, 2.24) is 14.9 Å². The highest BCUT2D eigenvalue weighted by Gasteiger charge is 2.45. The Kier molecular flexibility index (Phi) is 7.52. The van der Waals surface area contributed by atoms with E-state index in [0.717, 1.165) is 53.0 Å². The fourth-order valence-corrected chi connectivity index (χ4v) is 7.97. The summed E-state index contributed by atoms with van der Waals surface area (Å²) in [4.78, 5) is 12.8. The minimum Gasteiger partial charge on any atom is -0.382 e. The number of nitrogens with zero attached hydrogens (tertiary/aromatic N) is 5. The van der Waals surface area contributed by atoms with Gasteiger partial charge in [-0.05, 0) is 74.6 Å². The topological polar surface area (TPSA) is 107 Å². The lowest BCUT2D eigenvalue weighted by Crippen LogP contribution is -2.49. The summed E-state index contributed by atoms with van der Waals surface area (Å²) >= 11 is 0. The average Bonchev–Trinajstić information content (AvgIpc) is 3.73. The number of amides is 1. The lowest BCUT2D eigenvalue weighted by molar-refractivity contribution is -0.130. The van der Waals surface area contributed by atoms with Gasteiger partial charge in [0, 0.05) is 52.4 Å². The Morgan fingerprint density at radius 2 is 1.75 bits per heavy atom. The maximum Gasteiger partial charge on any atom is 0.225 e. The van der Waals surface area contributed by atoms with E-state index >= 15 is 0 Å². The predicted molar refractivity (Wildman–Crippen MR) is 175 cm³/mol. The third-order valence-electron chi connectivity index (χ3n) is 10.4. The van der Waals surface area contributed by atoms with Crippen LogP contribution in [0.1, 0.15) is 96.1 Å². The molecule has 0 saturated heterocycles. The second-order valence-corrected chi connectivity index (χ2v) is 14.5. The van der Waals surface area contributed by atoms with Gasteiger partial charge in [-0.3, -0.25) is 4.79 Å².